The molecule has 0 aromatic carbocycles. The number of hydrogen-bond acceptors (Lipinski definition) is 6. The van der Waals surface area contributed by atoms with Gasteiger partial charge in [0.1, 0.15) is 12.2 Å². The fourth-order valence-electron chi connectivity index (χ4n) is 1.62. The number of rotatable bonds is 2. The van der Waals surface area contributed by atoms with Gasteiger partial charge in [-0.05, 0) is 0 Å². The van der Waals surface area contributed by atoms with E-state index in [2.05, 4.69) is 0 Å². The third-order valence-electron chi connectivity index (χ3n) is 2.39. The van der Waals surface area contributed by atoms with Crippen LogP contribution in [0, 0.1) is 0 Å². The van der Waals surface area contributed by atoms with Crippen LogP contribution in [0.5, 0.6) is 0 Å². The van der Waals surface area contributed by atoms with E-state index in [1.807, 2.05) is 0 Å². The summed E-state index contributed by atoms with van der Waals surface area (Å²) >= 11 is 0. The van der Waals surface area contributed by atoms with Crippen molar-refractivity contribution in [2.24, 2.45) is 0 Å². The first kappa shape index (κ1) is 10.3. The third kappa shape index (κ3) is 1.65. The monoisotopic (exact) mass is 206 g/mol. The van der Waals surface area contributed by atoms with Gasteiger partial charge < -0.3 is 28.8 Å². The van der Waals surface area contributed by atoms with Crippen LogP contribution in [0.2, 0.25) is 0 Å². The van der Waals surface area contributed by atoms with Crippen molar-refractivity contribution in [2.75, 3.05) is 20.8 Å². The summed E-state index contributed by atoms with van der Waals surface area (Å²) in [7, 11) is 2.99. The Hall–Kier alpha value is -0.240. The fourth-order valence-corrected chi connectivity index (χ4v) is 1.62. The molecule has 2 rings (SSSR count). The summed E-state index contributed by atoms with van der Waals surface area (Å²) in [5.41, 5.74) is 0. The van der Waals surface area contributed by atoms with Crippen molar-refractivity contribution in [3.05, 3.63) is 0 Å². The maximum Gasteiger partial charge on any atom is 0.211 e. The van der Waals surface area contributed by atoms with Gasteiger partial charge in [-0.25, -0.2) is 0 Å². The lowest BCUT2D eigenvalue weighted by Gasteiger charge is -2.35. The molecule has 14 heavy (non-hydrogen) atoms. The first-order valence-electron chi connectivity index (χ1n) is 4.42. The summed E-state index contributed by atoms with van der Waals surface area (Å²) in [5.74, 6) is 0. The second kappa shape index (κ2) is 4.09. The smallest absolute Gasteiger partial charge is 0.211 e. The van der Waals surface area contributed by atoms with Crippen molar-refractivity contribution in [1.29, 1.82) is 0 Å². The van der Waals surface area contributed by atoms with E-state index >= 15 is 0 Å². The molecule has 2 heterocycles. The van der Waals surface area contributed by atoms with Gasteiger partial charge in [-0.3, -0.25) is 0 Å². The highest BCUT2D eigenvalue weighted by atomic mass is 16.8. The number of aliphatic hydroxyl groups excluding tert-OH is 1. The maximum atomic E-state index is 9.45. The van der Waals surface area contributed by atoms with Crippen molar-refractivity contribution < 1.29 is 28.8 Å². The zero-order valence-corrected chi connectivity index (χ0v) is 8.08. The fraction of sp³-hybridized carbons (Fsp3) is 1.00. The summed E-state index contributed by atoms with van der Waals surface area (Å²) in [4.78, 5) is 0. The predicted octanol–water partition coefficient (Wildman–Crippen LogP) is -0.936. The molecule has 0 aliphatic carbocycles. The van der Waals surface area contributed by atoms with Crippen molar-refractivity contribution in [3.63, 3.8) is 0 Å². The molecule has 6 heteroatoms. The van der Waals surface area contributed by atoms with E-state index in [1.54, 1.807) is 7.11 Å². The molecule has 2 fully saturated rings. The van der Waals surface area contributed by atoms with Crippen LogP contribution < -0.4 is 0 Å². The summed E-state index contributed by atoms with van der Waals surface area (Å²) in [6, 6.07) is 0. The second-order valence-electron chi connectivity index (χ2n) is 3.21. The van der Waals surface area contributed by atoms with Gasteiger partial charge in [-0.1, -0.05) is 0 Å². The van der Waals surface area contributed by atoms with Crippen molar-refractivity contribution in [1.82, 2.24) is 0 Å². The van der Waals surface area contributed by atoms with E-state index in [4.69, 9.17) is 23.7 Å². The lowest BCUT2D eigenvalue weighted by atomic mass is 10.2. The largest absolute Gasteiger partial charge is 0.376 e. The lowest BCUT2D eigenvalue weighted by molar-refractivity contribution is -0.375. The summed E-state index contributed by atoms with van der Waals surface area (Å²) in [6.07, 6.45) is -3.00. The van der Waals surface area contributed by atoms with Crippen LogP contribution in [0.1, 0.15) is 0 Å². The highest BCUT2D eigenvalue weighted by Crippen LogP contribution is 2.28. The highest BCUT2D eigenvalue weighted by Gasteiger charge is 2.47. The van der Waals surface area contributed by atoms with Gasteiger partial charge in [0, 0.05) is 14.2 Å². The molecule has 0 aromatic heterocycles. The molecular formula is C8H14O6. The summed E-state index contributed by atoms with van der Waals surface area (Å²) in [5, 5.41) is 9.45. The van der Waals surface area contributed by atoms with Gasteiger partial charge in [0.15, 0.2) is 6.29 Å². The zero-order chi connectivity index (χ0) is 10.1. The second-order valence-corrected chi connectivity index (χ2v) is 3.21. The molecule has 5 atom stereocenters. The number of aliphatic hydroxyl groups is 1. The van der Waals surface area contributed by atoms with Gasteiger partial charge in [-0.2, -0.15) is 0 Å². The Morgan fingerprint density at radius 3 is 2.64 bits per heavy atom. The molecule has 0 saturated carbocycles. The molecule has 0 spiro atoms. The number of methoxy groups -OCH3 is 2. The maximum absolute atomic E-state index is 9.45. The highest BCUT2D eigenvalue weighted by molar-refractivity contribution is 4.84. The molecule has 2 aliphatic rings. The molecular weight excluding hydrogens is 192 g/mol. The number of hydrogen-bond donors (Lipinski definition) is 1. The molecule has 0 radical (unpaired) electrons. The van der Waals surface area contributed by atoms with Crippen molar-refractivity contribution in [2.45, 2.75) is 31.1 Å². The van der Waals surface area contributed by atoms with E-state index < -0.39 is 18.9 Å². The molecule has 82 valence electrons. The molecule has 2 saturated heterocycles. The van der Waals surface area contributed by atoms with E-state index in [1.165, 1.54) is 7.11 Å². The molecule has 0 bridgehead atoms. The zero-order valence-electron chi connectivity index (χ0n) is 8.08. The van der Waals surface area contributed by atoms with Gasteiger partial charge in [-0.15, -0.1) is 0 Å². The molecule has 0 amide bonds. The number of fused-ring (bicyclic) bond motifs is 1. The SMILES string of the molecule is CO[C@H]1O[C@@H]2OC[C@@H](OC)[C@@H]2O[C@@H]1O. The minimum Gasteiger partial charge on any atom is -0.376 e. The van der Waals surface area contributed by atoms with Gasteiger partial charge in [0.2, 0.25) is 12.6 Å². The van der Waals surface area contributed by atoms with Crippen molar-refractivity contribution >= 4 is 0 Å². The summed E-state index contributed by atoms with van der Waals surface area (Å²) < 4.78 is 25.8. The molecule has 1 N–H and O–H groups in total. The minimum atomic E-state index is -1.10. The van der Waals surface area contributed by atoms with Gasteiger partial charge in [0.25, 0.3) is 0 Å². The average molecular weight is 206 g/mol. The van der Waals surface area contributed by atoms with Gasteiger partial charge in [0.05, 0.1) is 6.61 Å². The normalized spacial score (nSPS) is 47.8. The van der Waals surface area contributed by atoms with Crippen LogP contribution in [0.25, 0.3) is 0 Å². The van der Waals surface area contributed by atoms with Crippen LogP contribution in [0.15, 0.2) is 0 Å². The standard InChI is InChI=1S/C8H14O6/c1-10-4-3-12-7-5(4)13-6(9)8(11-2)14-7/h4-9H,3H2,1-2H3/t4-,5+,6+,7+,8+/m1/s1. The van der Waals surface area contributed by atoms with Crippen molar-refractivity contribution in [3.8, 4) is 0 Å². The molecule has 0 aromatic rings. The van der Waals surface area contributed by atoms with Crippen LogP contribution in [0.4, 0.5) is 0 Å². The first-order chi connectivity index (χ1) is 6.76. The van der Waals surface area contributed by atoms with Crippen LogP contribution in [-0.4, -0.2) is 57.0 Å². The Bertz CT molecular complexity index is 196. The minimum absolute atomic E-state index is 0.201. The van der Waals surface area contributed by atoms with E-state index in [-0.39, 0.29) is 12.2 Å². The van der Waals surface area contributed by atoms with E-state index in [0.29, 0.717) is 6.61 Å². The van der Waals surface area contributed by atoms with E-state index in [0.717, 1.165) is 0 Å². The Balaban J connectivity index is 2.01. The average Bonchev–Trinajstić information content (AvgIpc) is 2.58. The molecule has 6 nitrogen and oxygen atoms in total. The van der Waals surface area contributed by atoms with Crippen LogP contribution in [0.3, 0.4) is 0 Å². The Morgan fingerprint density at radius 1 is 1.21 bits per heavy atom. The van der Waals surface area contributed by atoms with E-state index in [9.17, 15) is 5.11 Å². The number of ether oxygens (including phenoxy) is 5. The predicted molar refractivity (Wildman–Crippen MR) is 43.3 cm³/mol. The quantitative estimate of drug-likeness (QED) is 0.629. The lowest BCUT2D eigenvalue weighted by Crippen LogP contribution is -2.51. The molecule has 0 unspecified atom stereocenters. The Kier molecular flexibility index (Phi) is 3.01. The Labute approximate surface area is 81.6 Å². The topological polar surface area (TPSA) is 66.4 Å². The third-order valence-corrected chi connectivity index (χ3v) is 2.39. The Morgan fingerprint density at radius 2 is 2.00 bits per heavy atom. The first-order valence-corrected chi connectivity index (χ1v) is 4.42. The van der Waals surface area contributed by atoms with Crippen LogP contribution in [-0.2, 0) is 23.7 Å². The molecule has 2 aliphatic heterocycles. The summed E-state index contributed by atoms with van der Waals surface area (Å²) in [6.45, 7) is 0.398. The van der Waals surface area contributed by atoms with Crippen LogP contribution >= 0.6 is 0 Å². The van der Waals surface area contributed by atoms with Gasteiger partial charge >= 0.3 is 0 Å².